The van der Waals surface area contributed by atoms with Gasteiger partial charge in [-0.05, 0) is 19.9 Å². The summed E-state index contributed by atoms with van der Waals surface area (Å²) in [6.07, 6.45) is 3.90. The number of hydrogen-bond acceptors (Lipinski definition) is 2. The van der Waals surface area contributed by atoms with Crippen LogP contribution in [-0.4, -0.2) is 23.9 Å². The first kappa shape index (κ1) is 8.84. The molecule has 0 unspecified atom stereocenters. The first-order chi connectivity index (χ1) is 5.52. The van der Waals surface area contributed by atoms with Crippen LogP contribution in [0.3, 0.4) is 0 Å². The quantitative estimate of drug-likeness (QED) is 0.621. The molecule has 0 fully saturated rings. The average Bonchev–Trinajstić information content (AvgIpc) is 1.96. The molecule has 0 bridgehead atoms. The van der Waals surface area contributed by atoms with Crippen molar-refractivity contribution in [2.75, 3.05) is 7.05 Å². The van der Waals surface area contributed by atoms with Gasteiger partial charge in [0.25, 0.3) is 5.91 Å². The number of amides is 1. The van der Waals surface area contributed by atoms with E-state index in [-0.39, 0.29) is 11.9 Å². The van der Waals surface area contributed by atoms with Crippen LogP contribution in [0.1, 0.15) is 13.8 Å². The first-order valence-electron chi connectivity index (χ1n) is 3.95. The Morgan fingerprint density at radius 1 is 1.67 bits per heavy atom. The number of nitrogens with zero attached hydrogens (tertiary/aromatic N) is 1. The summed E-state index contributed by atoms with van der Waals surface area (Å²) in [7, 11) is 1.87. The van der Waals surface area contributed by atoms with Crippen molar-refractivity contribution in [1.29, 1.82) is 0 Å². The minimum atomic E-state index is -0.364. The number of rotatable bonds is 1. The molecular weight excluding hydrogens is 152 g/mol. The number of primary amides is 1. The summed E-state index contributed by atoms with van der Waals surface area (Å²) in [6, 6.07) is 0.248. The van der Waals surface area contributed by atoms with Gasteiger partial charge in [-0.1, -0.05) is 11.6 Å². The molecule has 1 heterocycles. The largest absolute Gasteiger partial charge is 0.364 e. The van der Waals surface area contributed by atoms with E-state index in [9.17, 15) is 4.79 Å². The molecule has 1 aliphatic rings. The smallest absolute Gasteiger partial charge is 0.265 e. The highest BCUT2D eigenvalue weighted by molar-refractivity contribution is 5.92. The van der Waals surface area contributed by atoms with Crippen LogP contribution in [0, 0.1) is 0 Å². The molecule has 2 N–H and O–H groups in total. The van der Waals surface area contributed by atoms with E-state index in [0.717, 1.165) is 5.57 Å². The van der Waals surface area contributed by atoms with Crippen molar-refractivity contribution < 1.29 is 4.79 Å². The number of carbonyl (C=O) groups excluding carboxylic acids is 1. The molecule has 0 aromatic rings. The normalized spacial score (nSPS) is 23.2. The molecular formula is C9H14N2O. The molecule has 0 aliphatic carbocycles. The van der Waals surface area contributed by atoms with Crippen molar-refractivity contribution in [2.24, 2.45) is 5.73 Å². The molecule has 12 heavy (non-hydrogen) atoms. The third-order valence-corrected chi connectivity index (χ3v) is 2.11. The van der Waals surface area contributed by atoms with Gasteiger partial charge in [-0.25, -0.2) is 0 Å². The zero-order valence-corrected chi connectivity index (χ0v) is 7.66. The van der Waals surface area contributed by atoms with Gasteiger partial charge in [0.1, 0.15) is 5.70 Å². The topological polar surface area (TPSA) is 46.3 Å². The van der Waals surface area contributed by atoms with E-state index >= 15 is 0 Å². The van der Waals surface area contributed by atoms with Gasteiger partial charge in [0.15, 0.2) is 0 Å². The Labute approximate surface area is 72.5 Å². The standard InChI is InChI=1S/C9H14N2O/c1-6-4-7(2)11(3)8(5-6)9(10)12/h4-5,7H,1-3H3,(H2,10,12)/t7-/m0/s1. The second-order valence-corrected chi connectivity index (χ2v) is 3.16. The van der Waals surface area contributed by atoms with Crippen LogP contribution in [0.15, 0.2) is 23.4 Å². The molecule has 0 aromatic carbocycles. The fourth-order valence-corrected chi connectivity index (χ4v) is 1.32. The molecule has 0 aromatic heterocycles. The number of allylic oxidation sites excluding steroid dienone is 2. The first-order valence-corrected chi connectivity index (χ1v) is 3.95. The number of hydrogen-bond donors (Lipinski definition) is 1. The third kappa shape index (κ3) is 1.49. The highest BCUT2D eigenvalue weighted by Gasteiger charge is 2.18. The van der Waals surface area contributed by atoms with Crippen molar-refractivity contribution >= 4 is 5.91 Å². The van der Waals surface area contributed by atoms with Crippen molar-refractivity contribution in [1.82, 2.24) is 4.90 Å². The summed E-state index contributed by atoms with van der Waals surface area (Å²) >= 11 is 0. The van der Waals surface area contributed by atoms with Crippen molar-refractivity contribution in [3.63, 3.8) is 0 Å². The molecule has 1 amide bonds. The van der Waals surface area contributed by atoms with Gasteiger partial charge < -0.3 is 10.6 Å². The molecule has 1 aliphatic heterocycles. The van der Waals surface area contributed by atoms with Crippen LogP contribution in [-0.2, 0) is 4.79 Å². The van der Waals surface area contributed by atoms with E-state index in [1.165, 1.54) is 0 Å². The highest BCUT2D eigenvalue weighted by atomic mass is 16.1. The number of likely N-dealkylation sites (N-methyl/N-ethyl adjacent to an activating group) is 1. The fraction of sp³-hybridized carbons (Fsp3) is 0.444. The van der Waals surface area contributed by atoms with Gasteiger partial charge >= 0.3 is 0 Å². The summed E-state index contributed by atoms with van der Waals surface area (Å²) in [6.45, 7) is 3.99. The maximum absolute atomic E-state index is 10.9. The highest BCUT2D eigenvalue weighted by Crippen LogP contribution is 2.17. The Morgan fingerprint density at radius 2 is 2.25 bits per heavy atom. The van der Waals surface area contributed by atoms with E-state index in [0.29, 0.717) is 5.70 Å². The summed E-state index contributed by atoms with van der Waals surface area (Å²) in [5.41, 5.74) is 6.88. The molecule has 3 heteroatoms. The second-order valence-electron chi connectivity index (χ2n) is 3.16. The van der Waals surface area contributed by atoms with Gasteiger partial charge in [0, 0.05) is 13.1 Å². The van der Waals surface area contributed by atoms with Crippen LogP contribution < -0.4 is 5.73 Å². The Bertz CT molecular complexity index is 266. The zero-order valence-electron chi connectivity index (χ0n) is 7.66. The average molecular weight is 166 g/mol. The SMILES string of the molecule is CC1=C[C@H](C)N(C)C(C(N)=O)=C1. The molecule has 0 saturated heterocycles. The molecule has 0 spiro atoms. The van der Waals surface area contributed by atoms with Gasteiger partial charge in [-0.15, -0.1) is 0 Å². The lowest BCUT2D eigenvalue weighted by Crippen LogP contribution is -2.35. The van der Waals surface area contributed by atoms with Crippen molar-refractivity contribution in [2.45, 2.75) is 19.9 Å². The van der Waals surface area contributed by atoms with E-state index in [4.69, 9.17) is 5.73 Å². The summed E-state index contributed by atoms with van der Waals surface area (Å²) in [5, 5.41) is 0. The Balaban J connectivity index is 2.98. The van der Waals surface area contributed by atoms with Crippen LogP contribution >= 0.6 is 0 Å². The molecule has 0 saturated carbocycles. The number of carbonyl (C=O) groups is 1. The number of nitrogens with two attached hydrogens (primary N) is 1. The van der Waals surface area contributed by atoms with Crippen LogP contribution in [0.4, 0.5) is 0 Å². The summed E-state index contributed by atoms with van der Waals surface area (Å²) in [5.74, 6) is -0.364. The lowest BCUT2D eigenvalue weighted by molar-refractivity contribution is -0.116. The maximum atomic E-state index is 10.9. The van der Waals surface area contributed by atoms with E-state index in [2.05, 4.69) is 6.08 Å². The van der Waals surface area contributed by atoms with Crippen LogP contribution in [0.2, 0.25) is 0 Å². The van der Waals surface area contributed by atoms with Crippen LogP contribution in [0.25, 0.3) is 0 Å². The third-order valence-electron chi connectivity index (χ3n) is 2.11. The monoisotopic (exact) mass is 166 g/mol. The summed E-state index contributed by atoms with van der Waals surface area (Å²) < 4.78 is 0. The van der Waals surface area contributed by atoms with E-state index < -0.39 is 0 Å². The van der Waals surface area contributed by atoms with E-state index in [1.54, 1.807) is 0 Å². The molecule has 1 rings (SSSR count). The lowest BCUT2D eigenvalue weighted by atomic mass is 10.1. The fourth-order valence-electron chi connectivity index (χ4n) is 1.32. The molecule has 66 valence electrons. The van der Waals surface area contributed by atoms with Gasteiger partial charge in [-0.3, -0.25) is 4.79 Å². The molecule has 0 radical (unpaired) electrons. The molecule has 1 atom stereocenters. The predicted molar refractivity (Wildman–Crippen MR) is 48.3 cm³/mol. The van der Waals surface area contributed by atoms with Crippen molar-refractivity contribution in [3.05, 3.63) is 23.4 Å². The van der Waals surface area contributed by atoms with Gasteiger partial charge in [-0.2, -0.15) is 0 Å². The Kier molecular flexibility index (Phi) is 2.22. The van der Waals surface area contributed by atoms with Crippen molar-refractivity contribution in [3.8, 4) is 0 Å². The maximum Gasteiger partial charge on any atom is 0.265 e. The zero-order chi connectivity index (χ0) is 9.30. The van der Waals surface area contributed by atoms with Gasteiger partial charge in [0.05, 0.1) is 0 Å². The molecule has 3 nitrogen and oxygen atoms in total. The second kappa shape index (κ2) is 3.01. The minimum Gasteiger partial charge on any atom is -0.364 e. The van der Waals surface area contributed by atoms with E-state index in [1.807, 2.05) is 31.9 Å². The Hall–Kier alpha value is -1.25. The Morgan fingerprint density at radius 3 is 2.75 bits per heavy atom. The minimum absolute atomic E-state index is 0.248. The van der Waals surface area contributed by atoms with Crippen LogP contribution in [0.5, 0.6) is 0 Å². The van der Waals surface area contributed by atoms with Gasteiger partial charge in [0.2, 0.25) is 0 Å². The summed E-state index contributed by atoms with van der Waals surface area (Å²) in [4.78, 5) is 12.8. The predicted octanol–water partition coefficient (Wildman–Crippen LogP) is 0.636. The lowest BCUT2D eigenvalue weighted by Gasteiger charge is -2.29.